The predicted molar refractivity (Wildman–Crippen MR) is 77.1 cm³/mol. The van der Waals surface area contributed by atoms with Crippen LogP contribution >= 0.6 is 0 Å². The van der Waals surface area contributed by atoms with Crippen LogP contribution in [0.4, 0.5) is 0 Å². The molecule has 2 heterocycles. The number of likely N-dealkylation sites (N-methyl/N-ethyl adjacent to an activating group) is 1. The second kappa shape index (κ2) is 5.15. The molecule has 5 heteroatoms. The average molecular weight is 285 g/mol. The van der Waals surface area contributed by atoms with Crippen molar-refractivity contribution >= 4 is 0 Å². The van der Waals surface area contributed by atoms with Crippen molar-refractivity contribution in [2.75, 3.05) is 7.05 Å². The molecule has 0 spiro atoms. The topological polar surface area (TPSA) is 60.2 Å². The second-order valence-corrected chi connectivity index (χ2v) is 5.90. The fourth-order valence-electron chi connectivity index (χ4n) is 3.00. The van der Waals surface area contributed by atoms with E-state index >= 15 is 0 Å². The van der Waals surface area contributed by atoms with Crippen molar-refractivity contribution in [3.05, 3.63) is 41.5 Å². The van der Waals surface area contributed by atoms with E-state index in [0.29, 0.717) is 17.8 Å². The Morgan fingerprint density at radius 3 is 2.95 bits per heavy atom. The number of ether oxygens (including phenoxy) is 1. The van der Waals surface area contributed by atoms with Crippen molar-refractivity contribution < 1.29 is 9.26 Å². The quantitative estimate of drug-likeness (QED) is 0.913. The summed E-state index contributed by atoms with van der Waals surface area (Å²) in [5.74, 6) is 3.06. The van der Waals surface area contributed by atoms with Gasteiger partial charge in [-0.05, 0) is 37.4 Å². The van der Waals surface area contributed by atoms with E-state index in [1.54, 1.807) is 0 Å². The van der Waals surface area contributed by atoms with Crippen LogP contribution in [0.2, 0.25) is 0 Å². The third-order valence-electron chi connectivity index (χ3n) is 4.38. The van der Waals surface area contributed by atoms with Crippen LogP contribution in [0.3, 0.4) is 0 Å². The molecule has 2 aliphatic rings. The summed E-state index contributed by atoms with van der Waals surface area (Å²) in [6.45, 7) is 0. The summed E-state index contributed by atoms with van der Waals surface area (Å²) < 4.78 is 11.3. The van der Waals surface area contributed by atoms with Crippen molar-refractivity contribution in [3.63, 3.8) is 0 Å². The van der Waals surface area contributed by atoms with Crippen LogP contribution in [0.5, 0.6) is 5.75 Å². The SMILES string of the molecule is CNC(Cc1nc(C2Cc3ccccc3O2)no1)C1CC1. The molecule has 5 nitrogen and oxygen atoms in total. The number of nitrogens with one attached hydrogen (secondary N) is 1. The van der Waals surface area contributed by atoms with Gasteiger partial charge in [0.2, 0.25) is 11.7 Å². The van der Waals surface area contributed by atoms with Crippen molar-refractivity contribution in [2.45, 2.75) is 37.8 Å². The highest BCUT2D eigenvalue weighted by Gasteiger charge is 2.32. The Kier molecular flexibility index (Phi) is 3.15. The van der Waals surface area contributed by atoms with E-state index in [0.717, 1.165) is 24.5 Å². The maximum atomic E-state index is 5.90. The van der Waals surface area contributed by atoms with Gasteiger partial charge in [0.1, 0.15) is 5.75 Å². The minimum atomic E-state index is -0.117. The highest BCUT2D eigenvalue weighted by atomic mass is 16.5. The first-order valence-electron chi connectivity index (χ1n) is 7.58. The summed E-state index contributed by atoms with van der Waals surface area (Å²) in [7, 11) is 2.00. The van der Waals surface area contributed by atoms with Gasteiger partial charge in [-0.1, -0.05) is 23.4 Å². The molecule has 0 amide bonds. The Bertz CT molecular complexity index is 611. The molecule has 0 saturated heterocycles. The van der Waals surface area contributed by atoms with Gasteiger partial charge in [-0.3, -0.25) is 0 Å². The molecule has 4 rings (SSSR count). The summed E-state index contributed by atoms with van der Waals surface area (Å²) in [4.78, 5) is 4.53. The number of hydrogen-bond donors (Lipinski definition) is 1. The number of fused-ring (bicyclic) bond motifs is 1. The van der Waals surface area contributed by atoms with Crippen LogP contribution in [-0.4, -0.2) is 23.2 Å². The fourth-order valence-corrected chi connectivity index (χ4v) is 3.00. The van der Waals surface area contributed by atoms with Gasteiger partial charge >= 0.3 is 0 Å². The summed E-state index contributed by atoms with van der Waals surface area (Å²) in [6.07, 6.45) is 4.09. The van der Waals surface area contributed by atoms with Crippen LogP contribution < -0.4 is 10.1 Å². The van der Waals surface area contributed by atoms with Gasteiger partial charge in [-0.15, -0.1) is 0 Å². The second-order valence-electron chi connectivity index (χ2n) is 5.90. The minimum absolute atomic E-state index is 0.117. The maximum Gasteiger partial charge on any atom is 0.228 e. The van der Waals surface area contributed by atoms with Gasteiger partial charge in [0.05, 0.1) is 0 Å². The first-order valence-corrected chi connectivity index (χ1v) is 7.58. The largest absolute Gasteiger partial charge is 0.482 e. The number of rotatable bonds is 5. The molecule has 2 unspecified atom stereocenters. The van der Waals surface area contributed by atoms with E-state index in [-0.39, 0.29) is 6.10 Å². The summed E-state index contributed by atoms with van der Waals surface area (Å²) in [5, 5.41) is 7.46. The molecule has 1 aromatic heterocycles. The van der Waals surface area contributed by atoms with Crippen LogP contribution in [-0.2, 0) is 12.8 Å². The molecule has 1 N–H and O–H groups in total. The fraction of sp³-hybridized carbons (Fsp3) is 0.500. The summed E-state index contributed by atoms with van der Waals surface area (Å²) >= 11 is 0. The lowest BCUT2D eigenvalue weighted by Gasteiger charge is -2.11. The van der Waals surface area contributed by atoms with E-state index in [1.807, 2.05) is 25.2 Å². The molecular weight excluding hydrogens is 266 g/mol. The van der Waals surface area contributed by atoms with E-state index in [1.165, 1.54) is 18.4 Å². The monoisotopic (exact) mass is 285 g/mol. The molecule has 2 atom stereocenters. The van der Waals surface area contributed by atoms with Crippen molar-refractivity contribution in [2.24, 2.45) is 5.92 Å². The molecule has 1 saturated carbocycles. The first-order chi connectivity index (χ1) is 10.3. The zero-order valence-electron chi connectivity index (χ0n) is 12.1. The highest BCUT2D eigenvalue weighted by Crippen LogP contribution is 2.36. The van der Waals surface area contributed by atoms with Crippen molar-refractivity contribution in [1.29, 1.82) is 0 Å². The zero-order valence-corrected chi connectivity index (χ0v) is 12.1. The van der Waals surface area contributed by atoms with Crippen molar-refractivity contribution in [3.8, 4) is 5.75 Å². The van der Waals surface area contributed by atoms with Gasteiger partial charge in [0.25, 0.3) is 0 Å². The lowest BCUT2D eigenvalue weighted by atomic mass is 10.1. The number of benzene rings is 1. The van der Waals surface area contributed by atoms with Gasteiger partial charge < -0.3 is 14.6 Å². The Morgan fingerprint density at radius 1 is 1.33 bits per heavy atom. The first kappa shape index (κ1) is 12.8. The Hall–Kier alpha value is -1.88. The van der Waals surface area contributed by atoms with Gasteiger partial charge in [0.15, 0.2) is 6.10 Å². The molecule has 0 radical (unpaired) electrons. The molecular formula is C16H19N3O2. The summed E-state index contributed by atoms with van der Waals surface area (Å²) in [6, 6.07) is 8.52. The molecule has 110 valence electrons. The number of para-hydroxylation sites is 1. The molecule has 0 bridgehead atoms. The smallest absolute Gasteiger partial charge is 0.228 e. The molecule has 21 heavy (non-hydrogen) atoms. The highest BCUT2D eigenvalue weighted by molar-refractivity contribution is 5.37. The number of nitrogens with zero attached hydrogens (tertiary/aromatic N) is 2. The maximum absolute atomic E-state index is 5.90. The normalized spacial score (nSPS) is 21.9. The third kappa shape index (κ3) is 2.53. The van der Waals surface area contributed by atoms with Crippen LogP contribution in [0.1, 0.15) is 36.2 Å². The number of hydrogen-bond acceptors (Lipinski definition) is 5. The van der Waals surface area contributed by atoms with Crippen LogP contribution in [0, 0.1) is 5.92 Å². The number of aromatic nitrogens is 2. The average Bonchev–Trinajstić information content (AvgIpc) is 3.09. The predicted octanol–water partition coefficient (Wildman–Crippen LogP) is 2.29. The Labute approximate surface area is 123 Å². The van der Waals surface area contributed by atoms with E-state index in [9.17, 15) is 0 Å². The summed E-state index contributed by atoms with van der Waals surface area (Å²) in [5.41, 5.74) is 1.21. The minimum Gasteiger partial charge on any atom is -0.482 e. The van der Waals surface area contributed by atoms with Crippen molar-refractivity contribution in [1.82, 2.24) is 15.5 Å². The van der Waals surface area contributed by atoms with Gasteiger partial charge in [-0.2, -0.15) is 4.98 Å². The molecule has 1 aliphatic carbocycles. The van der Waals surface area contributed by atoms with E-state index in [4.69, 9.17) is 9.26 Å². The Balaban J connectivity index is 1.46. The molecule has 1 fully saturated rings. The third-order valence-corrected chi connectivity index (χ3v) is 4.38. The molecule has 1 aromatic carbocycles. The lowest BCUT2D eigenvalue weighted by molar-refractivity contribution is 0.221. The Morgan fingerprint density at radius 2 is 2.19 bits per heavy atom. The molecule has 1 aliphatic heterocycles. The van der Waals surface area contributed by atoms with Crippen LogP contribution in [0.15, 0.2) is 28.8 Å². The zero-order chi connectivity index (χ0) is 14.2. The van der Waals surface area contributed by atoms with Gasteiger partial charge in [-0.25, -0.2) is 0 Å². The van der Waals surface area contributed by atoms with Crippen LogP contribution in [0.25, 0.3) is 0 Å². The molecule has 2 aromatic rings. The lowest BCUT2D eigenvalue weighted by Crippen LogP contribution is -2.29. The van der Waals surface area contributed by atoms with E-state index < -0.39 is 0 Å². The van der Waals surface area contributed by atoms with Gasteiger partial charge in [0, 0.05) is 18.9 Å². The standard InChI is InChI=1S/C16H19N3O2/c1-17-12(10-6-7-10)9-15-18-16(19-21-15)14-8-11-4-2-3-5-13(11)20-14/h2-5,10,12,14,17H,6-9H2,1H3. The van der Waals surface area contributed by atoms with E-state index in [2.05, 4.69) is 21.5 Å².